The number of hydrogen-bond donors (Lipinski definition) is 1. The number of aliphatic hydroxyl groups is 1. The largest absolute Gasteiger partial charge is 0.495 e. The first-order chi connectivity index (χ1) is 4.04. The lowest BCUT2D eigenvalue weighted by Gasteiger charge is -2.08. The molecule has 0 fully saturated rings. The molecule has 3 nitrogen and oxygen atoms in total. The summed E-state index contributed by atoms with van der Waals surface area (Å²) in [5.41, 5.74) is 0. The summed E-state index contributed by atoms with van der Waals surface area (Å²) in [5.74, 6) is -0.163. The predicted octanol–water partition coefficient (Wildman–Crippen LogP) is 0.536. The number of allylic oxidation sites excluding steroid dienone is 1. The lowest BCUT2D eigenvalue weighted by Crippen LogP contribution is -2.11. The quantitative estimate of drug-likeness (QED) is 0.437. The molecule has 0 aliphatic carbocycles. The van der Waals surface area contributed by atoms with Gasteiger partial charge in [0.2, 0.25) is 0 Å². The molecule has 0 rings (SSSR count). The van der Waals surface area contributed by atoms with E-state index in [9.17, 15) is 4.79 Å². The van der Waals surface area contributed by atoms with Crippen molar-refractivity contribution in [2.24, 2.45) is 0 Å². The van der Waals surface area contributed by atoms with Crippen LogP contribution >= 0.6 is 0 Å². The molecule has 52 valence electrons. The number of aliphatic hydroxyl groups excluding tert-OH is 1. The summed E-state index contributed by atoms with van der Waals surface area (Å²) in [6.45, 7) is 1.39. The van der Waals surface area contributed by atoms with Gasteiger partial charge in [-0.3, -0.25) is 4.79 Å². The van der Waals surface area contributed by atoms with Crippen molar-refractivity contribution >= 4 is 5.78 Å². The molecule has 0 aliphatic rings. The van der Waals surface area contributed by atoms with E-state index < -0.39 is 0 Å². The Morgan fingerprint density at radius 1 is 1.56 bits per heavy atom. The molecule has 9 heavy (non-hydrogen) atoms. The highest BCUT2D eigenvalue weighted by atomic mass is 16.3. The van der Waals surface area contributed by atoms with Gasteiger partial charge in [0.15, 0.2) is 11.7 Å². The fourth-order valence-electron chi connectivity index (χ4n) is 0.311. The summed E-state index contributed by atoms with van der Waals surface area (Å²) in [6, 6.07) is 0. The van der Waals surface area contributed by atoms with Gasteiger partial charge in [-0.05, 0) is 6.92 Å². The molecular formula is C6H11NO2. The van der Waals surface area contributed by atoms with E-state index in [1.165, 1.54) is 17.9 Å². The molecule has 0 aliphatic heterocycles. The van der Waals surface area contributed by atoms with Crippen molar-refractivity contribution in [3.63, 3.8) is 0 Å². The van der Waals surface area contributed by atoms with E-state index in [2.05, 4.69) is 0 Å². The van der Waals surface area contributed by atoms with Crippen LogP contribution < -0.4 is 0 Å². The van der Waals surface area contributed by atoms with Crippen LogP contribution in [-0.4, -0.2) is 29.9 Å². The average molecular weight is 129 g/mol. The van der Waals surface area contributed by atoms with Crippen LogP contribution in [0.1, 0.15) is 6.92 Å². The second-order valence-electron chi connectivity index (χ2n) is 2.01. The Morgan fingerprint density at radius 2 is 2.00 bits per heavy atom. The Bertz CT molecular complexity index is 138. The SMILES string of the molecule is CC(=O)/C=C(\O)N(C)C. The average Bonchev–Trinajstić information content (AvgIpc) is 1.63. The summed E-state index contributed by atoms with van der Waals surface area (Å²) in [5, 5.41) is 8.86. The topological polar surface area (TPSA) is 40.5 Å². The molecule has 3 heteroatoms. The zero-order valence-corrected chi connectivity index (χ0v) is 5.88. The molecule has 0 saturated carbocycles. The Balaban J connectivity index is 4.00. The van der Waals surface area contributed by atoms with Crippen LogP contribution in [0.5, 0.6) is 0 Å². The van der Waals surface area contributed by atoms with Gasteiger partial charge in [-0.15, -0.1) is 0 Å². The van der Waals surface area contributed by atoms with Crippen molar-refractivity contribution in [3.05, 3.63) is 12.0 Å². The maximum absolute atomic E-state index is 10.3. The van der Waals surface area contributed by atoms with Gasteiger partial charge < -0.3 is 10.0 Å². The van der Waals surface area contributed by atoms with Crippen molar-refractivity contribution in [2.45, 2.75) is 6.92 Å². The molecule has 0 aromatic rings. The van der Waals surface area contributed by atoms with Gasteiger partial charge in [0, 0.05) is 20.2 Å². The van der Waals surface area contributed by atoms with E-state index in [0.717, 1.165) is 0 Å². The molecule has 1 N–H and O–H groups in total. The van der Waals surface area contributed by atoms with Crippen LogP contribution in [0.15, 0.2) is 12.0 Å². The van der Waals surface area contributed by atoms with E-state index in [-0.39, 0.29) is 11.7 Å². The van der Waals surface area contributed by atoms with E-state index in [1.807, 2.05) is 0 Å². The van der Waals surface area contributed by atoms with Crippen molar-refractivity contribution in [3.8, 4) is 0 Å². The van der Waals surface area contributed by atoms with Crippen molar-refractivity contribution in [1.82, 2.24) is 4.90 Å². The lowest BCUT2D eigenvalue weighted by molar-refractivity contribution is -0.112. The molecule has 0 atom stereocenters. The molecule has 0 aromatic heterocycles. The Kier molecular flexibility index (Phi) is 2.78. The van der Waals surface area contributed by atoms with Gasteiger partial charge in [-0.2, -0.15) is 0 Å². The molecule has 0 radical (unpaired) electrons. The summed E-state index contributed by atoms with van der Waals surface area (Å²) >= 11 is 0. The molecule has 0 spiro atoms. The first kappa shape index (κ1) is 8.01. The van der Waals surface area contributed by atoms with Gasteiger partial charge in [0.1, 0.15) is 0 Å². The highest BCUT2D eigenvalue weighted by Gasteiger charge is 1.94. The van der Waals surface area contributed by atoms with Gasteiger partial charge >= 0.3 is 0 Å². The van der Waals surface area contributed by atoms with E-state index >= 15 is 0 Å². The smallest absolute Gasteiger partial charge is 0.189 e. The maximum Gasteiger partial charge on any atom is 0.189 e. The molecule has 0 bridgehead atoms. The normalized spacial score (nSPS) is 11.2. The number of hydrogen-bond acceptors (Lipinski definition) is 3. The van der Waals surface area contributed by atoms with Gasteiger partial charge in [-0.25, -0.2) is 0 Å². The van der Waals surface area contributed by atoms with Crippen molar-refractivity contribution in [1.29, 1.82) is 0 Å². The van der Waals surface area contributed by atoms with Crippen LogP contribution in [0.3, 0.4) is 0 Å². The molecule has 0 aromatic carbocycles. The number of ketones is 1. The Morgan fingerprint density at radius 3 is 2.11 bits per heavy atom. The van der Waals surface area contributed by atoms with E-state index in [0.29, 0.717) is 0 Å². The summed E-state index contributed by atoms with van der Waals surface area (Å²) in [6.07, 6.45) is 1.17. The fraction of sp³-hybridized carbons (Fsp3) is 0.500. The fourth-order valence-corrected chi connectivity index (χ4v) is 0.311. The molecular weight excluding hydrogens is 118 g/mol. The van der Waals surface area contributed by atoms with Crippen molar-refractivity contribution < 1.29 is 9.90 Å². The van der Waals surface area contributed by atoms with E-state index in [4.69, 9.17) is 5.11 Å². The monoisotopic (exact) mass is 129 g/mol. The first-order valence-electron chi connectivity index (χ1n) is 2.62. The maximum atomic E-state index is 10.3. The third-order valence-electron chi connectivity index (χ3n) is 0.791. The van der Waals surface area contributed by atoms with Crippen LogP contribution in [-0.2, 0) is 4.79 Å². The lowest BCUT2D eigenvalue weighted by atomic mass is 10.4. The molecule has 0 heterocycles. The van der Waals surface area contributed by atoms with Crippen LogP contribution in [0.25, 0.3) is 0 Å². The zero-order chi connectivity index (χ0) is 7.44. The zero-order valence-electron chi connectivity index (χ0n) is 5.88. The molecule has 0 unspecified atom stereocenters. The minimum Gasteiger partial charge on any atom is -0.495 e. The second kappa shape index (κ2) is 3.12. The van der Waals surface area contributed by atoms with E-state index in [1.54, 1.807) is 14.1 Å². The minimum absolute atomic E-state index is 0.0116. The summed E-state index contributed by atoms with van der Waals surface area (Å²) in [7, 11) is 3.32. The summed E-state index contributed by atoms with van der Waals surface area (Å²) < 4.78 is 0. The van der Waals surface area contributed by atoms with Gasteiger partial charge in [-0.1, -0.05) is 0 Å². The third kappa shape index (κ3) is 3.58. The third-order valence-corrected chi connectivity index (χ3v) is 0.791. The molecule has 0 saturated heterocycles. The predicted molar refractivity (Wildman–Crippen MR) is 35.1 cm³/mol. The standard InChI is InChI=1S/C6H11NO2/c1-5(8)4-6(9)7(2)3/h4,9H,1-3H3/b6-4-. The Hall–Kier alpha value is -0.990. The minimum atomic E-state index is -0.152. The van der Waals surface area contributed by atoms with Crippen LogP contribution in [0, 0.1) is 0 Å². The van der Waals surface area contributed by atoms with Crippen molar-refractivity contribution in [2.75, 3.05) is 14.1 Å². The highest BCUT2D eigenvalue weighted by Crippen LogP contribution is 1.90. The van der Waals surface area contributed by atoms with Crippen LogP contribution in [0.4, 0.5) is 0 Å². The summed E-state index contributed by atoms with van der Waals surface area (Å²) in [4.78, 5) is 11.8. The Labute approximate surface area is 54.6 Å². The van der Waals surface area contributed by atoms with Crippen LogP contribution in [0.2, 0.25) is 0 Å². The number of carbonyl (C=O) groups is 1. The number of rotatable bonds is 2. The van der Waals surface area contributed by atoms with Gasteiger partial charge in [0.05, 0.1) is 0 Å². The number of carbonyl (C=O) groups excluding carboxylic acids is 1. The highest BCUT2D eigenvalue weighted by molar-refractivity contribution is 5.87. The molecule has 0 amide bonds. The number of nitrogens with zero attached hydrogens (tertiary/aromatic N) is 1. The van der Waals surface area contributed by atoms with Gasteiger partial charge in [0.25, 0.3) is 0 Å². The second-order valence-corrected chi connectivity index (χ2v) is 2.01. The first-order valence-corrected chi connectivity index (χ1v) is 2.62.